The zero-order chi connectivity index (χ0) is 17.1. The molecule has 0 aliphatic rings. The molecule has 0 aliphatic carbocycles. The molecule has 0 radical (unpaired) electrons. The van der Waals surface area contributed by atoms with Gasteiger partial charge in [-0.1, -0.05) is 45.0 Å². The molecule has 1 nitrogen and oxygen atoms in total. The van der Waals surface area contributed by atoms with Crippen molar-refractivity contribution in [2.45, 2.75) is 49.0 Å². The van der Waals surface area contributed by atoms with Crippen LogP contribution in [0.1, 0.15) is 43.5 Å². The highest BCUT2D eigenvalue weighted by Crippen LogP contribution is 2.35. The van der Waals surface area contributed by atoms with Crippen molar-refractivity contribution < 1.29 is 4.57 Å². The van der Waals surface area contributed by atoms with Crippen LogP contribution >= 0.6 is 0 Å². The molecule has 128 valence electrons. The third-order valence-electron chi connectivity index (χ3n) is 4.40. The molecule has 24 heavy (non-hydrogen) atoms. The van der Waals surface area contributed by atoms with E-state index in [1.54, 1.807) is 0 Å². The highest BCUT2D eigenvalue weighted by molar-refractivity contribution is 5.99. The molecule has 0 saturated carbocycles. The smallest absolute Gasteiger partial charge is 0.176 e. The Morgan fingerprint density at radius 1 is 0.833 bits per heavy atom. The lowest BCUT2D eigenvalue weighted by atomic mass is 9.89. The molecular formula is C23H32N+. The van der Waals surface area contributed by atoms with Crippen LogP contribution in [-0.4, -0.2) is 0 Å². The summed E-state index contributed by atoms with van der Waals surface area (Å²) in [6.45, 7) is 12.8. The summed E-state index contributed by atoms with van der Waals surface area (Å²) >= 11 is 0. The second-order valence-corrected chi connectivity index (χ2v) is 6.13. The zero-order valence-corrected chi connectivity index (χ0v) is 15.5. The van der Waals surface area contributed by atoms with Crippen LogP contribution in [0.15, 0.2) is 42.7 Å². The van der Waals surface area contributed by atoms with E-state index >= 15 is 0 Å². The molecule has 0 atom stereocenters. The van der Waals surface area contributed by atoms with E-state index in [2.05, 4.69) is 82.0 Å². The Morgan fingerprint density at radius 3 is 2.17 bits per heavy atom. The first-order valence-electron chi connectivity index (χ1n) is 8.44. The SMILES string of the molecule is C.CC.Cc1ccc(C)c(-c2c(C)c(C)cc3c[n+](C)ccc23)c1. The number of rotatable bonds is 1. The largest absolute Gasteiger partial charge is 0.207 e. The number of aromatic nitrogens is 1. The third kappa shape index (κ3) is 3.67. The molecule has 0 spiro atoms. The maximum absolute atomic E-state index is 2.31. The zero-order valence-electron chi connectivity index (χ0n) is 15.5. The maximum atomic E-state index is 2.31. The number of benzene rings is 2. The predicted molar refractivity (Wildman–Crippen MR) is 108 cm³/mol. The first kappa shape index (κ1) is 19.9. The summed E-state index contributed by atoms with van der Waals surface area (Å²) < 4.78 is 2.12. The van der Waals surface area contributed by atoms with Gasteiger partial charge in [0.15, 0.2) is 12.4 Å². The molecule has 0 amide bonds. The van der Waals surface area contributed by atoms with Gasteiger partial charge in [-0.05, 0) is 61.6 Å². The molecule has 1 heteroatoms. The van der Waals surface area contributed by atoms with Crippen LogP contribution in [0.5, 0.6) is 0 Å². The number of hydrogen-bond acceptors (Lipinski definition) is 0. The van der Waals surface area contributed by atoms with Gasteiger partial charge in [0, 0.05) is 16.8 Å². The van der Waals surface area contributed by atoms with E-state index in [1.807, 2.05) is 13.8 Å². The molecule has 0 saturated heterocycles. The van der Waals surface area contributed by atoms with Gasteiger partial charge in [-0.2, -0.15) is 0 Å². The molecule has 0 aliphatic heterocycles. The van der Waals surface area contributed by atoms with Gasteiger partial charge in [0.05, 0.1) is 0 Å². The van der Waals surface area contributed by atoms with Crippen LogP contribution in [0.2, 0.25) is 0 Å². The topological polar surface area (TPSA) is 3.88 Å². The molecule has 2 aromatic carbocycles. The van der Waals surface area contributed by atoms with E-state index in [0.29, 0.717) is 0 Å². The quantitative estimate of drug-likeness (QED) is 0.468. The number of hydrogen-bond donors (Lipinski definition) is 0. The lowest BCUT2D eigenvalue weighted by Gasteiger charge is -2.15. The molecule has 0 bridgehead atoms. The van der Waals surface area contributed by atoms with Crippen molar-refractivity contribution in [3.8, 4) is 11.1 Å². The predicted octanol–water partition coefficient (Wildman–Crippen LogP) is 6.23. The number of aryl methyl sites for hydroxylation is 4. The fourth-order valence-electron chi connectivity index (χ4n) is 3.06. The number of fused-ring (bicyclic) bond motifs is 1. The summed E-state index contributed by atoms with van der Waals surface area (Å²) in [6, 6.07) is 11.2. The molecule has 0 unspecified atom stereocenters. The van der Waals surface area contributed by atoms with Crippen molar-refractivity contribution >= 4 is 10.8 Å². The lowest BCUT2D eigenvalue weighted by Crippen LogP contribution is -2.26. The van der Waals surface area contributed by atoms with Gasteiger partial charge in [0.2, 0.25) is 0 Å². The van der Waals surface area contributed by atoms with Crippen LogP contribution in [-0.2, 0) is 7.05 Å². The third-order valence-corrected chi connectivity index (χ3v) is 4.40. The van der Waals surface area contributed by atoms with Gasteiger partial charge >= 0.3 is 0 Å². The molecule has 0 fully saturated rings. The van der Waals surface area contributed by atoms with Gasteiger partial charge in [0.25, 0.3) is 0 Å². The van der Waals surface area contributed by atoms with Gasteiger partial charge in [-0.15, -0.1) is 0 Å². The van der Waals surface area contributed by atoms with Crippen LogP contribution in [0.3, 0.4) is 0 Å². The van der Waals surface area contributed by atoms with E-state index in [9.17, 15) is 0 Å². The fraction of sp³-hybridized carbons (Fsp3) is 0.348. The van der Waals surface area contributed by atoms with E-state index in [0.717, 1.165) is 0 Å². The first-order valence-corrected chi connectivity index (χ1v) is 8.44. The van der Waals surface area contributed by atoms with Crippen molar-refractivity contribution in [3.63, 3.8) is 0 Å². The summed E-state index contributed by atoms with van der Waals surface area (Å²) in [5.74, 6) is 0. The van der Waals surface area contributed by atoms with Crippen LogP contribution in [0.4, 0.5) is 0 Å². The van der Waals surface area contributed by atoms with Gasteiger partial charge in [0.1, 0.15) is 7.05 Å². The van der Waals surface area contributed by atoms with E-state index in [-0.39, 0.29) is 7.43 Å². The minimum Gasteiger partial charge on any atom is -0.207 e. The van der Waals surface area contributed by atoms with Crippen molar-refractivity contribution in [3.05, 3.63) is 65.0 Å². The Morgan fingerprint density at radius 2 is 1.50 bits per heavy atom. The minimum atomic E-state index is 0. The molecule has 3 aromatic rings. The summed E-state index contributed by atoms with van der Waals surface area (Å²) in [5.41, 5.74) is 8.12. The maximum Gasteiger partial charge on any atom is 0.176 e. The second-order valence-electron chi connectivity index (χ2n) is 6.13. The Hall–Kier alpha value is -2.15. The summed E-state index contributed by atoms with van der Waals surface area (Å²) in [6.07, 6.45) is 4.34. The molecule has 1 aromatic heterocycles. The van der Waals surface area contributed by atoms with Crippen molar-refractivity contribution in [1.82, 2.24) is 0 Å². The normalized spacial score (nSPS) is 9.96. The summed E-state index contributed by atoms with van der Waals surface area (Å²) in [7, 11) is 2.08. The monoisotopic (exact) mass is 322 g/mol. The van der Waals surface area contributed by atoms with E-state index in [1.165, 1.54) is 44.2 Å². The molecule has 0 N–H and O–H groups in total. The highest BCUT2D eigenvalue weighted by Gasteiger charge is 2.14. The molecule has 1 heterocycles. The molecular weight excluding hydrogens is 290 g/mol. The Kier molecular flexibility index (Phi) is 6.71. The van der Waals surface area contributed by atoms with Gasteiger partial charge < -0.3 is 0 Å². The van der Waals surface area contributed by atoms with Crippen LogP contribution < -0.4 is 4.57 Å². The van der Waals surface area contributed by atoms with Crippen molar-refractivity contribution in [1.29, 1.82) is 0 Å². The Bertz CT molecular complexity index is 844. The van der Waals surface area contributed by atoms with E-state index in [4.69, 9.17) is 0 Å². The standard InChI is InChI=1S/C20H22N.C2H6.CH4/c1-13-6-7-14(2)19(10-13)20-16(4)15(3)11-17-12-21(5)9-8-18(17)20;1-2;/h6-12H,1-5H3;1-2H3;1H4/q+1;;. The average molecular weight is 323 g/mol. The fourth-order valence-corrected chi connectivity index (χ4v) is 3.06. The second kappa shape index (κ2) is 8.10. The van der Waals surface area contributed by atoms with Crippen molar-refractivity contribution in [2.75, 3.05) is 0 Å². The minimum absolute atomic E-state index is 0. The Balaban J connectivity index is 0.000000925. The van der Waals surface area contributed by atoms with Crippen LogP contribution in [0.25, 0.3) is 21.9 Å². The summed E-state index contributed by atoms with van der Waals surface area (Å²) in [4.78, 5) is 0. The van der Waals surface area contributed by atoms with Gasteiger partial charge in [-0.25, -0.2) is 4.57 Å². The van der Waals surface area contributed by atoms with Gasteiger partial charge in [-0.3, -0.25) is 0 Å². The lowest BCUT2D eigenvalue weighted by molar-refractivity contribution is -0.670. The highest BCUT2D eigenvalue weighted by atomic mass is 14.9. The number of nitrogens with zero attached hydrogens (tertiary/aromatic N) is 1. The summed E-state index contributed by atoms with van der Waals surface area (Å²) in [5, 5.41) is 2.64. The van der Waals surface area contributed by atoms with Crippen LogP contribution in [0, 0.1) is 27.7 Å². The Labute approximate surface area is 148 Å². The van der Waals surface area contributed by atoms with Crippen molar-refractivity contribution in [2.24, 2.45) is 7.05 Å². The van der Waals surface area contributed by atoms with E-state index < -0.39 is 0 Å². The molecule has 3 rings (SSSR count). The average Bonchev–Trinajstić information content (AvgIpc) is 2.53. The number of pyridine rings is 1. The first-order chi connectivity index (χ1) is 11.0.